The Morgan fingerprint density at radius 2 is 2.00 bits per heavy atom. The number of hydrogen-bond acceptors (Lipinski definition) is 3. The van der Waals surface area contributed by atoms with E-state index in [1.807, 2.05) is 13.8 Å². The van der Waals surface area contributed by atoms with Crippen molar-refractivity contribution in [3.63, 3.8) is 0 Å². The smallest absolute Gasteiger partial charge is 0.174 e. The third kappa shape index (κ3) is 2.59. The largest absolute Gasteiger partial charge is 0.511 e. The Bertz CT molecular complexity index is 499. The van der Waals surface area contributed by atoms with Gasteiger partial charge in [-0.25, -0.2) is 0 Å². The third-order valence-corrected chi connectivity index (χ3v) is 4.38. The number of carbonyl (C=O) groups is 2. The fraction of sp³-hybridized carbons (Fsp3) is 0.571. The molecule has 0 spiro atoms. The van der Waals surface area contributed by atoms with Crippen molar-refractivity contribution in [2.75, 3.05) is 0 Å². The molecule has 2 unspecified atom stereocenters. The van der Waals surface area contributed by atoms with Crippen LogP contribution in [-0.4, -0.2) is 16.7 Å². The van der Waals surface area contributed by atoms with E-state index < -0.39 is 0 Å². The van der Waals surface area contributed by atoms with E-state index in [4.69, 9.17) is 23.2 Å². The number of rotatable bonds is 3. The summed E-state index contributed by atoms with van der Waals surface area (Å²) in [7, 11) is 0. The van der Waals surface area contributed by atoms with E-state index >= 15 is 0 Å². The van der Waals surface area contributed by atoms with Gasteiger partial charge in [-0.15, -0.1) is 0 Å². The average molecular weight is 303 g/mol. The molecule has 2 atom stereocenters. The quantitative estimate of drug-likeness (QED) is 0.809. The summed E-state index contributed by atoms with van der Waals surface area (Å²) in [6.45, 7) is 3.86. The minimum atomic E-state index is -0.334. The lowest BCUT2D eigenvalue weighted by atomic mass is 9.90. The van der Waals surface area contributed by atoms with E-state index in [2.05, 4.69) is 0 Å². The fourth-order valence-electron chi connectivity index (χ4n) is 2.89. The standard InChI is InChI=1S/C14H16Cl2O3/c1-14(2)7(6-10(15)16)12(14)13(19)11-8(17)4-3-5-9(11)18/h6-7,12,17H,3-5H2,1-2H3. The summed E-state index contributed by atoms with van der Waals surface area (Å²) < 4.78 is 0.126. The molecule has 0 aromatic heterocycles. The molecule has 5 heteroatoms. The van der Waals surface area contributed by atoms with Crippen LogP contribution in [0.5, 0.6) is 0 Å². The maximum atomic E-state index is 12.4. The average Bonchev–Trinajstić information content (AvgIpc) is 2.78. The van der Waals surface area contributed by atoms with Gasteiger partial charge >= 0.3 is 0 Å². The Morgan fingerprint density at radius 1 is 1.37 bits per heavy atom. The first-order valence-corrected chi connectivity index (χ1v) is 7.04. The molecular weight excluding hydrogens is 287 g/mol. The van der Waals surface area contributed by atoms with Crippen LogP contribution in [0.2, 0.25) is 0 Å². The molecule has 0 bridgehead atoms. The van der Waals surface area contributed by atoms with Crippen LogP contribution in [0.15, 0.2) is 21.9 Å². The van der Waals surface area contributed by atoms with Crippen LogP contribution in [0.25, 0.3) is 0 Å². The van der Waals surface area contributed by atoms with Gasteiger partial charge in [0.05, 0.1) is 5.57 Å². The van der Waals surface area contributed by atoms with Gasteiger partial charge in [0, 0.05) is 18.8 Å². The van der Waals surface area contributed by atoms with Crippen molar-refractivity contribution in [3.8, 4) is 0 Å². The molecular formula is C14H16Cl2O3. The summed E-state index contributed by atoms with van der Waals surface area (Å²) in [6.07, 6.45) is 2.97. The van der Waals surface area contributed by atoms with Gasteiger partial charge in [0.2, 0.25) is 0 Å². The Labute approximate surface area is 122 Å². The zero-order valence-electron chi connectivity index (χ0n) is 10.9. The molecule has 0 amide bonds. The summed E-state index contributed by atoms with van der Waals surface area (Å²) in [5.41, 5.74) is -0.289. The molecule has 0 aromatic carbocycles. The molecule has 19 heavy (non-hydrogen) atoms. The minimum Gasteiger partial charge on any atom is -0.511 e. The normalized spacial score (nSPS) is 29.2. The summed E-state index contributed by atoms with van der Waals surface area (Å²) in [4.78, 5) is 24.2. The number of ketones is 2. The molecule has 0 aliphatic heterocycles. The van der Waals surface area contributed by atoms with Crippen LogP contribution < -0.4 is 0 Å². The lowest BCUT2D eigenvalue weighted by Crippen LogP contribution is -2.22. The summed E-state index contributed by atoms with van der Waals surface area (Å²) >= 11 is 11.3. The zero-order valence-corrected chi connectivity index (χ0v) is 12.4. The second-order valence-electron chi connectivity index (χ2n) is 5.74. The molecule has 0 radical (unpaired) electrons. The Balaban J connectivity index is 2.27. The first-order valence-electron chi connectivity index (χ1n) is 6.29. The molecule has 104 valence electrons. The molecule has 3 nitrogen and oxygen atoms in total. The predicted octanol–water partition coefficient (Wildman–Crippen LogP) is 3.71. The van der Waals surface area contributed by atoms with Crippen LogP contribution in [0, 0.1) is 17.3 Å². The predicted molar refractivity (Wildman–Crippen MR) is 74.1 cm³/mol. The molecule has 0 saturated heterocycles. The van der Waals surface area contributed by atoms with Gasteiger partial charge in [0.25, 0.3) is 0 Å². The zero-order chi connectivity index (χ0) is 14.4. The SMILES string of the molecule is CC1(C)C(C=C(Cl)Cl)C1C(=O)C1=C(O)CCCC1=O. The second kappa shape index (κ2) is 4.95. The van der Waals surface area contributed by atoms with Gasteiger partial charge in [0.15, 0.2) is 11.6 Å². The highest BCUT2D eigenvalue weighted by Gasteiger charge is 2.61. The van der Waals surface area contributed by atoms with E-state index in [0.717, 1.165) is 0 Å². The van der Waals surface area contributed by atoms with Gasteiger partial charge in [0.1, 0.15) is 10.3 Å². The number of halogens is 2. The van der Waals surface area contributed by atoms with Crippen LogP contribution in [-0.2, 0) is 9.59 Å². The van der Waals surface area contributed by atoms with Crippen molar-refractivity contribution < 1.29 is 14.7 Å². The van der Waals surface area contributed by atoms with Gasteiger partial charge in [-0.2, -0.15) is 0 Å². The fourth-order valence-corrected chi connectivity index (χ4v) is 3.16. The van der Waals surface area contributed by atoms with Crippen molar-refractivity contribution in [3.05, 3.63) is 21.9 Å². The molecule has 2 aliphatic carbocycles. The van der Waals surface area contributed by atoms with E-state index in [1.165, 1.54) is 0 Å². The van der Waals surface area contributed by atoms with Crippen molar-refractivity contribution >= 4 is 34.8 Å². The lowest BCUT2D eigenvalue weighted by molar-refractivity contribution is -0.123. The highest BCUT2D eigenvalue weighted by molar-refractivity contribution is 6.55. The minimum absolute atomic E-state index is 0.00841. The maximum absolute atomic E-state index is 12.4. The third-order valence-electron chi connectivity index (χ3n) is 4.13. The Morgan fingerprint density at radius 3 is 2.53 bits per heavy atom. The highest BCUT2D eigenvalue weighted by atomic mass is 35.5. The summed E-state index contributed by atoms with van der Waals surface area (Å²) in [5, 5.41) is 9.80. The molecule has 1 N–H and O–H groups in total. The molecule has 1 saturated carbocycles. The number of aliphatic hydroxyl groups excluding tert-OH is 1. The van der Waals surface area contributed by atoms with Crippen molar-refractivity contribution in [1.29, 1.82) is 0 Å². The van der Waals surface area contributed by atoms with Gasteiger partial charge in [-0.1, -0.05) is 37.0 Å². The topological polar surface area (TPSA) is 54.4 Å². The van der Waals surface area contributed by atoms with Crippen LogP contribution >= 0.6 is 23.2 Å². The lowest BCUT2D eigenvalue weighted by Gasteiger charge is -2.14. The molecule has 1 fully saturated rings. The van der Waals surface area contributed by atoms with Gasteiger partial charge in [-0.3, -0.25) is 9.59 Å². The van der Waals surface area contributed by atoms with Crippen molar-refractivity contribution in [2.24, 2.45) is 17.3 Å². The molecule has 2 aliphatic rings. The first-order chi connectivity index (χ1) is 8.76. The van der Waals surface area contributed by atoms with E-state index in [9.17, 15) is 14.7 Å². The van der Waals surface area contributed by atoms with Crippen LogP contribution in [0.3, 0.4) is 0 Å². The number of Topliss-reactive ketones (excluding diaryl/α,β-unsaturated/α-hetero) is 2. The first kappa shape index (κ1) is 14.6. The van der Waals surface area contributed by atoms with Gasteiger partial charge in [-0.05, 0) is 23.8 Å². The maximum Gasteiger partial charge on any atom is 0.174 e. The van der Waals surface area contributed by atoms with E-state index in [1.54, 1.807) is 6.08 Å². The van der Waals surface area contributed by atoms with E-state index in [-0.39, 0.29) is 44.6 Å². The second-order valence-corrected chi connectivity index (χ2v) is 6.75. The Hall–Kier alpha value is -0.800. The highest BCUT2D eigenvalue weighted by Crippen LogP contribution is 2.61. The molecule has 2 rings (SSSR count). The van der Waals surface area contributed by atoms with Gasteiger partial charge < -0.3 is 5.11 Å². The number of carbonyl (C=O) groups excluding carboxylic acids is 2. The Kier molecular flexibility index (Phi) is 3.80. The van der Waals surface area contributed by atoms with Crippen LogP contribution in [0.4, 0.5) is 0 Å². The van der Waals surface area contributed by atoms with Crippen LogP contribution in [0.1, 0.15) is 33.1 Å². The number of hydrogen-bond donors (Lipinski definition) is 1. The van der Waals surface area contributed by atoms with Crippen molar-refractivity contribution in [1.82, 2.24) is 0 Å². The molecule has 0 aromatic rings. The summed E-state index contributed by atoms with van der Waals surface area (Å²) in [5.74, 6) is -1.01. The molecule has 0 heterocycles. The number of allylic oxidation sites excluding steroid dienone is 3. The van der Waals surface area contributed by atoms with E-state index in [0.29, 0.717) is 19.3 Å². The summed E-state index contributed by atoms with van der Waals surface area (Å²) in [6, 6.07) is 0. The van der Waals surface area contributed by atoms with Crippen molar-refractivity contribution in [2.45, 2.75) is 33.1 Å². The monoisotopic (exact) mass is 302 g/mol. The number of aliphatic hydroxyl groups is 1.